The molecule has 1 aliphatic rings. The molecule has 0 unspecified atom stereocenters. The van der Waals surface area contributed by atoms with Gasteiger partial charge in [0.05, 0.1) is 18.1 Å². The maximum atomic E-state index is 12.9. The van der Waals surface area contributed by atoms with E-state index in [4.69, 9.17) is 9.47 Å². The second-order valence-electron chi connectivity index (χ2n) is 8.99. The molecule has 0 radical (unpaired) electrons. The molecule has 1 aromatic rings. The van der Waals surface area contributed by atoms with Crippen LogP contribution in [0.25, 0.3) is 0 Å². The highest BCUT2D eigenvalue weighted by atomic mass is 32.2. The summed E-state index contributed by atoms with van der Waals surface area (Å²) in [6, 6.07) is 5.55. The lowest BCUT2D eigenvalue weighted by molar-refractivity contribution is 0.160. The maximum absolute atomic E-state index is 12.9. The van der Waals surface area contributed by atoms with Crippen LogP contribution in [-0.2, 0) is 14.8 Å². The second kappa shape index (κ2) is 14.9. The van der Waals surface area contributed by atoms with Crippen molar-refractivity contribution in [2.24, 2.45) is 0 Å². The Bertz CT molecular complexity index is 748. The minimum absolute atomic E-state index is 0.301. The summed E-state index contributed by atoms with van der Waals surface area (Å²) >= 11 is 0. The van der Waals surface area contributed by atoms with E-state index in [1.807, 2.05) is 19.1 Å². The normalized spacial score (nSPS) is 15.4. The molecule has 1 saturated carbocycles. The SMILES string of the molecule is CCCNS(=O)(=O)c1ccc(OCCCCCCN(C)CCOC)cc1C1CCCCC1. The summed E-state index contributed by atoms with van der Waals surface area (Å²) in [5, 5.41) is 0. The topological polar surface area (TPSA) is 67.9 Å². The fraction of sp³-hybridized carbons (Fsp3) is 0.760. The number of rotatable bonds is 16. The molecule has 32 heavy (non-hydrogen) atoms. The van der Waals surface area contributed by atoms with E-state index in [2.05, 4.69) is 16.7 Å². The number of hydrogen-bond acceptors (Lipinski definition) is 5. The molecular formula is C25H44N2O4S. The van der Waals surface area contributed by atoms with Crippen molar-refractivity contribution in [2.45, 2.75) is 81.9 Å². The zero-order valence-electron chi connectivity index (χ0n) is 20.4. The van der Waals surface area contributed by atoms with Crippen LogP contribution in [0.4, 0.5) is 0 Å². The summed E-state index contributed by atoms with van der Waals surface area (Å²) in [6.45, 7) is 5.96. The number of hydrogen-bond donors (Lipinski definition) is 1. The molecule has 0 aromatic heterocycles. The van der Waals surface area contributed by atoms with Gasteiger partial charge in [0, 0.05) is 20.2 Å². The zero-order chi connectivity index (χ0) is 23.2. The van der Waals surface area contributed by atoms with Crippen molar-refractivity contribution in [3.05, 3.63) is 23.8 Å². The molecule has 0 saturated heterocycles. The summed E-state index contributed by atoms with van der Waals surface area (Å²) in [7, 11) is 0.385. The number of sulfonamides is 1. The van der Waals surface area contributed by atoms with Gasteiger partial charge in [-0.1, -0.05) is 39.0 Å². The summed E-state index contributed by atoms with van der Waals surface area (Å²) in [6.07, 6.45) is 11.0. The van der Waals surface area contributed by atoms with Crippen molar-refractivity contribution in [2.75, 3.05) is 47.0 Å². The average molecular weight is 469 g/mol. The lowest BCUT2D eigenvalue weighted by atomic mass is 9.84. The van der Waals surface area contributed by atoms with Crippen LogP contribution in [0.5, 0.6) is 5.75 Å². The van der Waals surface area contributed by atoms with Crippen LogP contribution >= 0.6 is 0 Å². The van der Waals surface area contributed by atoms with Crippen molar-refractivity contribution < 1.29 is 17.9 Å². The smallest absolute Gasteiger partial charge is 0.240 e. The number of ether oxygens (including phenoxy) is 2. The molecule has 6 nitrogen and oxygen atoms in total. The van der Waals surface area contributed by atoms with E-state index in [1.54, 1.807) is 13.2 Å². The van der Waals surface area contributed by atoms with E-state index < -0.39 is 10.0 Å². The van der Waals surface area contributed by atoms with E-state index in [-0.39, 0.29) is 0 Å². The first-order valence-electron chi connectivity index (χ1n) is 12.4. The van der Waals surface area contributed by atoms with Gasteiger partial charge in [-0.15, -0.1) is 0 Å². The van der Waals surface area contributed by atoms with Gasteiger partial charge >= 0.3 is 0 Å². The van der Waals surface area contributed by atoms with Gasteiger partial charge in [0.1, 0.15) is 5.75 Å². The molecule has 1 fully saturated rings. The fourth-order valence-corrected chi connectivity index (χ4v) is 5.71. The van der Waals surface area contributed by atoms with Crippen LogP contribution in [0.1, 0.15) is 82.6 Å². The van der Waals surface area contributed by atoms with E-state index >= 15 is 0 Å². The molecule has 1 aromatic carbocycles. The summed E-state index contributed by atoms with van der Waals surface area (Å²) < 4.78 is 39.6. The molecule has 0 amide bonds. The molecule has 0 atom stereocenters. The Kier molecular flexibility index (Phi) is 12.6. The summed E-state index contributed by atoms with van der Waals surface area (Å²) in [5.74, 6) is 1.09. The van der Waals surface area contributed by atoms with Crippen molar-refractivity contribution in [1.29, 1.82) is 0 Å². The van der Waals surface area contributed by atoms with Crippen molar-refractivity contribution in [3.63, 3.8) is 0 Å². The van der Waals surface area contributed by atoms with Crippen molar-refractivity contribution in [3.8, 4) is 5.75 Å². The third kappa shape index (κ3) is 9.38. The van der Waals surface area contributed by atoms with Crippen LogP contribution in [-0.4, -0.2) is 60.3 Å². The molecule has 2 rings (SSSR count). The number of unbranched alkanes of at least 4 members (excludes halogenated alkanes) is 3. The van der Waals surface area contributed by atoms with Crippen LogP contribution in [0, 0.1) is 0 Å². The van der Waals surface area contributed by atoms with Gasteiger partial charge in [-0.2, -0.15) is 0 Å². The first-order valence-corrected chi connectivity index (χ1v) is 13.9. The zero-order valence-corrected chi connectivity index (χ0v) is 21.2. The minimum Gasteiger partial charge on any atom is -0.494 e. The number of nitrogens with zero attached hydrogens (tertiary/aromatic N) is 1. The van der Waals surface area contributed by atoms with Gasteiger partial charge in [-0.3, -0.25) is 0 Å². The molecule has 0 bridgehead atoms. The Labute approximate surface area is 196 Å². The van der Waals surface area contributed by atoms with Gasteiger partial charge in [0.25, 0.3) is 0 Å². The van der Waals surface area contributed by atoms with Gasteiger partial charge < -0.3 is 14.4 Å². The Balaban J connectivity index is 1.88. The summed E-state index contributed by atoms with van der Waals surface area (Å²) in [5.41, 5.74) is 0.935. The number of methoxy groups -OCH3 is 1. The number of benzene rings is 1. The number of nitrogens with one attached hydrogen (secondary N) is 1. The van der Waals surface area contributed by atoms with Crippen LogP contribution in [0.2, 0.25) is 0 Å². The molecule has 0 spiro atoms. The van der Waals surface area contributed by atoms with Gasteiger partial charge in [0.2, 0.25) is 10.0 Å². The first-order chi connectivity index (χ1) is 15.5. The van der Waals surface area contributed by atoms with E-state index in [0.29, 0.717) is 24.0 Å². The Morgan fingerprint density at radius 1 is 1.03 bits per heavy atom. The highest BCUT2D eigenvalue weighted by Crippen LogP contribution is 2.37. The quantitative estimate of drug-likeness (QED) is 0.348. The van der Waals surface area contributed by atoms with E-state index in [1.165, 1.54) is 19.3 Å². The molecular weight excluding hydrogens is 424 g/mol. The molecule has 1 N–H and O–H groups in total. The van der Waals surface area contributed by atoms with Crippen molar-refractivity contribution in [1.82, 2.24) is 9.62 Å². The van der Waals surface area contributed by atoms with Crippen molar-refractivity contribution >= 4 is 10.0 Å². The van der Waals surface area contributed by atoms with Crippen LogP contribution in [0.15, 0.2) is 23.1 Å². The third-order valence-electron chi connectivity index (χ3n) is 6.24. The van der Waals surface area contributed by atoms with E-state index in [9.17, 15) is 8.42 Å². The highest BCUT2D eigenvalue weighted by molar-refractivity contribution is 7.89. The monoisotopic (exact) mass is 468 g/mol. The third-order valence-corrected chi connectivity index (χ3v) is 7.77. The Hall–Kier alpha value is -1.15. The fourth-order valence-electron chi connectivity index (χ4n) is 4.29. The predicted molar refractivity (Wildman–Crippen MR) is 131 cm³/mol. The largest absolute Gasteiger partial charge is 0.494 e. The second-order valence-corrected chi connectivity index (χ2v) is 10.7. The lowest BCUT2D eigenvalue weighted by Crippen LogP contribution is -2.26. The average Bonchev–Trinajstić information content (AvgIpc) is 2.81. The van der Waals surface area contributed by atoms with Gasteiger partial charge in [0.15, 0.2) is 0 Å². The molecule has 0 aliphatic heterocycles. The predicted octanol–water partition coefficient (Wildman–Crippen LogP) is 4.94. The maximum Gasteiger partial charge on any atom is 0.240 e. The van der Waals surface area contributed by atoms with Gasteiger partial charge in [-0.25, -0.2) is 13.1 Å². The van der Waals surface area contributed by atoms with Crippen LogP contribution in [0.3, 0.4) is 0 Å². The Morgan fingerprint density at radius 2 is 1.78 bits per heavy atom. The molecule has 184 valence electrons. The first kappa shape index (κ1) is 27.1. The molecule has 7 heteroatoms. The lowest BCUT2D eigenvalue weighted by Gasteiger charge is -2.25. The standard InChI is InChI=1S/C25H44N2O4S/c1-4-16-26-32(28,29)25-15-14-23(21-24(25)22-12-8-7-9-13-22)31-19-11-6-5-10-17-27(2)18-20-30-3/h14-15,21-22,26H,4-13,16-20H2,1-3H3. The minimum atomic E-state index is -3.49. The molecule has 0 heterocycles. The highest BCUT2D eigenvalue weighted by Gasteiger charge is 2.25. The summed E-state index contributed by atoms with van der Waals surface area (Å²) in [4.78, 5) is 2.74. The molecule has 1 aliphatic carbocycles. The number of likely N-dealkylation sites (N-methyl/N-ethyl adjacent to an activating group) is 1. The Morgan fingerprint density at radius 3 is 2.50 bits per heavy atom. The van der Waals surface area contributed by atoms with Crippen LogP contribution < -0.4 is 9.46 Å². The van der Waals surface area contributed by atoms with Gasteiger partial charge in [-0.05, 0) is 75.4 Å². The van der Waals surface area contributed by atoms with E-state index in [0.717, 1.165) is 76.0 Å².